The van der Waals surface area contributed by atoms with Gasteiger partial charge in [0.1, 0.15) is 6.61 Å². The van der Waals surface area contributed by atoms with Gasteiger partial charge < -0.3 is 10.1 Å². The number of hydrogen-bond donors (Lipinski definition) is 1. The van der Waals surface area contributed by atoms with Crippen LogP contribution in [0.25, 0.3) is 0 Å². The molecule has 2 rings (SSSR count). The summed E-state index contributed by atoms with van der Waals surface area (Å²) in [6, 6.07) is 16.5. The van der Waals surface area contributed by atoms with Gasteiger partial charge in [0, 0.05) is 5.75 Å². The maximum Gasteiger partial charge on any atom is 0.340 e. The van der Waals surface area contributed by atoms with Crippen molar-refractivity contribution < 1.29 is 14.3 Å². The molecule has 118 valence electrons. The molecular weight excluding hydrogens is 310 g/mol. The Morgan fingerprint density at radius 2 is 1.78 bits per heavy atom. The van der Waals surface area contributed by atoms with Crippen LogP contribution in [0.5, 0.6) is 0 Å². The Hall–Kier alpha value is -2.53. The lowest BCUT2D eigenvalue weighted by Gasteiger charge is -2.10. The number of benzene rings is 2. The van der Waals surface area contributed by atoms with Crippen LogP contribution in [-0.4, -0.2) is 17.8 Å². The average molecular weight is 327 g/mol. The van der Waals surface area contributed by atoms with Gasteiger partial charge in [0.15, 0.2) is 0 Å². The second kappa shape index (κ2) is 8.80. The Kier molecular flexibility index (Phi) is 6.44. The average Bonchev–Trinajstić information content (AvgIpc) is 2.59. The van der Waals surface area contributed by atoms with E-state index in [2.05, 4.69) is 11.9 Å². The van der Waals surface area contributed by atoms with Crippen molar-refractivity contribution in [1.82, 2.24) is 0 Å². The molecule has 0 aromatic heterocycles. The molecular formula is C18H17NO3S. The van der Waals surface area contributed by atoms with E-state index in [-0.39, 0.29) is 11.8 Å². The fourth-order valence-corrected chi connectivity index (χ4v) is 2.52. The minimum absolute atomic E-state index is 0.129. The van der Waals surface area contributed by atoms with Crippen LogP contribution in [0.1, 0.15) is 15.9 Å². The molecule has 1 N–H and O–H groups in total. The third-order valence-corrected chi connectivity index (χ3v) is 3.77. The van der Waals surface area contributed by atoms with E-state index in [4.69, 9.17) is 4.74 Å². The largest absolute Gasteiger partial charge is 0.458 e. The Bertz CT molecular complexity index is 686. The fourth-order valence-electron chi connectivity index (χ4n) is 1.85. The predicted molar refractivity (Wildman–Crippen MR) is 93.7 cm³/mol. The topological polar surface area (TPSA) is 55.4 Å². The number of para-hydroxylation sites is 1. The fraction of sp³-hybridized carbons (Fsp3) is 0.111. The van der Waals surface area contributed by atoms with Crippen molar-refractivity contribution in [2.45, 2.75) is 5.75 Å². The van der Waals surface area contributed by atoms with Crippen LogP contribution in [0.15, 0.2) is 67.3 Å². The summed E-state index contributed by atoms with van der Waals surface area (Å²) in [5.74, 6) is 0.0734. The van der Waals surface area contributed by atoms with E-state index in [1.54, 1.807) is 24.3 Å². The van der Waals surface area contributed by atoms with Crippen molar-refractivity contribution in [3.05, 3.63) is 78.4 Å². The number of nitrogens with one attached hydrogen (secondary N) is 1. The highest BCUT2D eigenvalue weighted by Crippen LogP contribution is 2.20. The molecule has 2 aromatic rings. The first-order valence-corrected chi connectivity index (χ1v) is 8.04. The van der Waals surface area contributed by atoms with Gasteiger partial charge in [-0.25, -0.2) is 4.79 Å². The van der Waals surface area contributed by atoms with Gasteiger partial charge in [0.2, 0.25) is 0 Å². The zero-order valence-corrected chi connectivity index (χ0v) is 13.3. The molecule has 5 heteroatoms. The highest BCUT2D eigenvalue weighted by atomic mass is 32.2. The zero-order valence-electron chi connectivity index (χ0n) is 12.5. The van der Waals surface area contributed by atoms with E-state index < -0.39 is 5.97 Å². The number of ether oxygens (including phenoxy) is 1. The van der Waals surface area contributed by atoms with Gasteiger partial charge in [0.25, 0.3) is 5.24 Å². The SMILES string of the molecule is C=CCOC(=O)c1ccccc1NC(=O)SCc1ccccc1. The molecule has 0 radical (unpaired) electrons. The van der Waals surface area contributed by atoms with Crippen molar-refractivity contribution in [3.63, 3.8) is 0 Å². The van der Waals surface area contributed by atoms with Crippen molar-refractivity contribution in [2.75, 3.05) is 11.9 Å². The molecule has 0 bridgehead atoms. The smallest absolute Gasteiger partial charge is 0.340 e. The molecule has 0 atom stereocenters. The number of anilines is 1. The molecule has 0 aliphatic heterocycles. The maximum atomic E-state index is 12.1. The molecule has 0 heterocycles. The zero-order chi connectivity index (χ0) is 16.5. The first kappa shape index (κ1) is 16.8. The molecule has 0 aliphatic rings. The number of rotatable bonds is 6. The molecule has 0 saturated carbocycles. The van der Waals surface area contributed by atoms with Crippen LogP contribution in [-0.2, 0) is 10.5 Å². The number of amides is 1. The maximum absolute atomic E-state index is 12.1. The number of carbonyl (C=O) groups is 2. The van der Waals surface area contributed by atoms with Crippen molar-refractivity contribution in [1.29, 1.82) is 0 Å². The second-order valence-corrected chi connectivity index (χ2v) is 5.57. The summed E-state index contributed by atoms with van der Waals surface area (Å²) < 4.78 is 5.01. The molecule has 0 aliphatic carbocycles. The van der Waals surface area contributed by atoms with E-state index in [1.165, 1.54) is 6.08 Å². The van der Waals surface area contributed by atoms with Gasteiger partial charge in [-0.2, -0.15) is 0 Å². The van der Waals surface area contributed by atoms with Gasteiger partial charge in [-0.1, -0.05) is 66.9 Å². The van der Waals surface area contributed by atoms with E-state index in [9.17, 15) is 9.59 Å². The molecule has 0 fully saturated rings. The third kappa shape index (κ3) is 5.30. The minimum Gasteiger partial charge on any atom is -0.458 e. The van der Waals surface area contributed by atoms with Crippen molar-refractivity contribution in [2.24, 2.45) is 0 Å². The summed E-state index contributed by atoms with van der Waals surface area (Å²) >= 11 is 1.14. The van der Waals surface area contributed by atoms with E-state index in [0.29, 0.717) is 17.0 Å². The first-order valence-electron chi connectivity index (χ1n) is 7.05. The van der Waals surface area contributed by atoms with Crippen LogP contribution in [0.2, 0.25) is 0 Å². The van der Waals surface area contributed by atoms with Crippen LogP contribution in [0.3, 0.4) is 0 Å². The van der Waals surface area contributed by atoms with Gasteiger partial charge in [-0.15, -0.1) is 0 Å². The van der Waals surface area contributed by atoms with Crippen LogP contribution >= 0.6 is 11.8 Å². The van der Waals surface area contributed by atoms with E-state index in [1.807, 2.05) is 30.3 Å². The van der Waals surface area contributed by atoms with Crippen molar-refractivity contribution >= 4 is 28.7 Å². The second-order valence-electron chi connectivity index (χ2n) is 4.62. The highest BCUT2D eigenvalue weighted by molar-refractivity contribution is 8.13. The van der Waals surface area contributed by atoms with Gasteiger partial charge in [-0.3, -0.25) is 4.79 Å². The third-order valence-electron chi connectivity index (χ3n) is 2.93. The Balaban J connectivity index is 1.97. The summed E-state index contributed by atoms with van der Waals surface area (Å²) in [5, 5.41) is 2.51. The van der Waals surface area contributed by atoms with Crippen LogP contribution in [0.4, 0.5) is 10.5 Å². The van der Waals surface area contributed by atoms with Gasteiger partial charge >= 0.3 is 5.97 Å². The van der Waals surface area contributed by atoms with Gasteiger partial charge in [-0.05, 0) is 17.7 Å². The lowest BCUT2D eigenvalue weighted by molar-refractivity contribution is 0.0551. The standard InChI is InChI=1S/C18H17NO3S/c1-2-12-22-17(20)15-10-6-7-11-16(15)19-18(21)23-13-14-8-4-3-5-9-14/h2-11H,1,12-13H2,(H,19,21). The Morgan fingerprint density at radius 3 is 2.52 bits per heavy atom. The minimum atomic E-state index is -0.492. The summed E-state index contributed by atoms with van der Waals surface area (Å²) in [6.07, 6.45) is 1.49. The first-order chi connectivity index (χ1) is 11.2. The van der Waals surface area contributed by atoms with Crippen LogP contribution in [0, 0.1) is 0 Å². The van der Waals surface area contributed by atoms with Gasteiger partial charge in [0.05, 0.1) is 11.3 Å². The molecule has 1 amide bonds. The predicted octanol–water partition coefficient (Wildman–Crippen LogP) is 4.49. The molecule has 0 unspecified atom stereocenters. The number of hydrogen-bond acceptors (Lipinski definition) is 4. The molecule has 4 nitrogen and oxygen atoms in total. The molecule has 0 saturated heterocycles. The monoisotopic (exact) mass is 327 g/mol. The number of carbonyl (C=O) groups excluding carboxylic acids is 2. The van der Waals surface area contributed by atoms with E-state index in [0.717, 1.165) is 17.3 Å². The number of esters is 1. The van der Waals surface area contributed by atoms with Crippen molar-refractivity contribution in [3.8, 4) is 0 Å². The molecule has 0 spiro atoms. The summed E-state index contributed by atoms with van der Waals surface area (Å²) in [4.78, 5) is 24.0. The number of thioether (sulfide) groups is 1. The quantitative estimate of drug-likeness (QED) is 0.627. The van der Waals surface area contributed by atoms with Crippen LogP contribution < -0.4 is 5.32 Å². The normalized spacial score (nSPS) is 9.91. The Morgan fingerprint density at radius 1 is 1.09 bits per heavy atom. The lowest BCUT2D eigenvalue weighted by atomic mass is 10.2. The highest BCUT2D eigenvalue weighted by Gasteiger charge is 2.14. The molecule has 23 heavy (non-hydrogen) atoms. The Labute approximate surface area is 139 Å². The lowest BCUT2D eigenvalue weighted by Crippen LogP contribution is -2.12. The summed E-state index contributed by atoms with van der Waals surface area (Å²) in [6.45, 7) is 3.63. The van der Waals surface area contributed by atoms with E-state index >= 15 is 0 Å². The summed E-state index contributed by atoms with van der Waals surface area (Å²) in [5.41, 5.74) is 1.82. The summed E-state index contributed by atoms with van der Waals surface area (Å²) in [7, 11) is 0. The molecule has 2 aromatic carbocycles.